The zero-order chi connectivity index (χ0) is 16.5. The fraction of sp³-hybridized carbons (Fsp3) is 0.500. The van der Waals surface area contributed by atoms with E-state index in [9.17, 15) is 14.0 Å². The summed E-state index contributed by atoms with van der Waals surface area (Å²) in [6.07, 6.45) is 2.00. The van der Waals surface area contributed by atoms with Crippen molar-refractivity contribution in [2.75, 3.05) is 0 Å². The van der Waals surface area contributed by atoms with Crippen molar-refractivity contribution >= 4 is 23.5 Å². The van der Waals surface area contributed by atoms with Crippen molar-refractivity contribution in [1.82, 2.24) is 0 Å². The Morgan fingerprint density at radius 3 is 2.59 bits per heavy atom. The van der Waals surface area contributed by atoms with E-state index in [0.29, 0.717) is 0 Å². The van der Waals surface area contributed by atoms with Crippen LogP contribution in [0.3, 0.4) is 0 Å². The molecule has 122 valence electrons. The Hall–Kier alpha value is -1.62. The van der Waals surface area contributed by atoms with Crippen molar-refractivity contribution in [3.63, 3.8) is 0 Å². The molecule has 22 heavy (non-hydrogen) atoms. The minimum absolute atomic E-state index is 0.0120. The van der Waals surface area contributed by atoms with Crippen LogP contribution in [0.1, 0.15) is 46.0 Å². The van der Waals surface area contributed by atoms with Crippen LogP contribution in [0.2, 0.25) is 5.02 Å². The molecule has 6 heteroatoms. The third-order valence-corrected chi connectivity index (χ3v) is 3.22. The van der Waals surface area contributed by atoms with Gasteiger partial charge in [-0.05, 0) is 31.9 Å². The summed E-state index contributed by atoms with van der Waals surface area (Å²) in [7, 11) is 0. The highest BCUT2D eigenvalue weighted by molar-refractivity contribution is 6.32. The Morgan fingerprint density at radius 2 is 1.95 bits per heavy atom. The Balaban J connectivity index is 2.33. The number of carbonyl (C=O) groups is 2. The Morgan fingerprint density at radius 1 is 1.27 bits per heavy atom. The van der Waals surface area contributed by atoms with Gasteiger partial charge in [0.25, 0.3) is 0 Å². The topological polar surface area (TPSA) is 52.6 Å². The van der Waals surface area contributed by atoms with Gasteiger partial charge < -0.3 is 9.47 Å². The molecule has 0 amide bonds. The van der Waals surface area contributed by atoms with Crippen LogP contribution in [0.4, 0.5) is 4.39 Å². The number of ether oxygens (including phenoxy) is 2. The normalized spacial score (nSPS) is 11.8. The first-order valence-corrected chi connectivity index (χ1v) is 7.66. The first-order chi connectivity index (χ1) is 10.4. The zero-order valence-corrected chi connectivity index (χ0v) is 13.5. The molecule has 0 aliphatic heterocycles. The molecule has 1 unspecified atom stereocenters. The average Bonchev–Trinajstić information content (AvgIpc) is 2.43. The van der Waals surface area contributed by atoms with Crippen molar-refractivity contribution in [3.05, 3.63) is 29.0 Å². The van der Waals surface area contributed by atoms with E-state index < -0.39 is 11.8 Å². The summed E-state index contributed by atoms with van der Waals surface area (Å²) in [5.74, 6) is -1.97. The summed E-state index contributed by atoms with van der Waals surface area (Å²) in [6, 6.07) is 4.00. The van der Waals surface area contributed by atoms with Crippen LogP contribution >= 0.6 is 11.6 Å². The number of para-hydroxylation sites is 1. The van der Waals surface area contributed by atoms with Crippen LogP contribution in [-0.2, 0) is 14.3 Å². The second kappa shape index (κ2) is 9.41. The molecule has 0 aromatic heterocycles. The summed E-state index contributed by atoms with van der Waals surface area (Å²) in [6.45, 7) is 3.84. The van der Waals surface area contributed by atoms with Gasteiger partial charge in [0.2, 0.25) is 0 Å². The number of hydrogen-bond donors (Lipinski definition) is 0. The van der Waals surface area contributed by atoms with Gasteiger partial charge in [-0.1, -0.05) is 31.0 Å². The maximum Gasteiger partial charge on any atom is 0.311 e. The van der Waals surface area contributed by atoms with E-state index in [4.69, 9.17) is 21.1 Å². The summed E-state index contributed by atoms with van der Waals surface area (Å²) in [5, 5.41) is 0.0288. The van der Waals surface area contributed by atoms with Crippen molar-refractivity contribution < 1.29 is 23.5 Å². The van der Waals surface area contributed by atoms with Crippen LogP contribution < -0.4 is 4.74 Å². The van der Waals surface area contributed by atoms with Crippen LogP contribution in [0.25, 0.3) is 0 Å². The number of benzene rings is 1. The molecule has 1 atom stereocenters. The van der Waals surface area contributed by atoms with Gasteiger partial charge in [0.15, 0.2) is 11.6 Å². The fourth-order valence-electron chi connectivity index (χ4n) is 1.87. The molecule has 0 saturated carbocycles. The van der Waals surface area contributed by atoms with Gasteiger partial charge in [-0.3, -0.25) is 9.59 Å². The highest BCUT2D eigenvalue weighted by Gasteiger charge is 2.14. The molecule has 0 bridgehead atoms. The van der Waals surface area contributed by atoms with E-state index >= 15 is 0 Å². The van der Waals surface area contributed by atoms with E-state index in [0.717, 1.165) is 18.9 Å². The molecule has 0 saturated heterocycles. The lowest BCUT2D eigenvalue weighted by atomic mass is 10.2. The molecular weight excluding hydrogens is 311 g/mol. The highest BCUT2D eigenvalue weighted by atomic mass is 35.5. The van der Waals surface area contributed by atoms with Crippen molar-refractivity contribution in [3.8, 4) is 5.75 Å². The molecule has 0 heterocycles. The number of rotatable bonds is 8. The fourth-order valence-corrected chi connectivity index (χ4v) is 2.07. The molecule has 4 nitrogen and oxygen atoms in total. The number of halogens is 2. The van der Waals surface area contributed by atoms with E-state index in [1.165, 1.54) is 12.1 Å². The average molecular weight is 331 g/mol. The van der Waals surface area contributed by atoms with Crippen molar-refractivity contribution in [2.45, 2.75) is 52.1 Å². The largest absolute Gasteiger partial charge is 0.463 e. The lowest BCUT2D eigenvalue weighted by molar-refractivity contribution is -0.148. The molecule has 1 aromatic carbocycles. The number of esters is 2. The molecule has 0 aliphatic rings. The lowest BCUT2D eigenvalue weighted by Gasteiger charge is -2.11. The lowest BCUT2D eigenvalue weighted by Crippen LogP contribution is -2.15. The van der Waals surface area contributed by atoms with Crippen LogP contribution in [0.5, 0.6) is 5.75 Å². The van der Waals surface area contributed by atoms with Gasteiger partial charge in [0.1, 0.15) is 0 Å². The predicted molar refractivity (Wildman–Crippen MR) is 81.4 cm³/mol. The van der Waals surface area contributed by atoms with Crippen LogP contribution in [0.15, 0.2) is 18.2 Å². The van der Waals surface area contributed by atoms with Crippen LogP contribution in [-0.4, -0.2) is 18.0 Å². The van der Waals surface area contributed by atoms with E-state index in [1.54, 1.807) is 0 Å². The smallest absolute Gasteiger partial charge is 0.311 e. The van der Waals surface area contributed by atoms with Gasteiger partial charge in [-0.25, -0.2) is 4.39 Å². The molecule has 0 fully saturated rings. The maximum atomic E-state index is 13.4. The van der Waals surface area contributed by atoms with Gasteiger partial charge in [-0.2, -0.15) is 0 Å². The Bertz CT molecular complexity index is 499. The standard InChI is InChI=1S/C16H20ClFO4/c1-3-6-11(2)21-14(19)9-5-10-15(20)22-16-12(17)7-4-8-13(16)18/h4,7-8,11H,3,5-6,9-10H2,1-2H3. The van der Waals surface area contributed by atoms with E-state index in [-0.39, 0.29) is 42.1 Å². The summed E-state index contributed by atoms with van der Waals surface area (Å²) < 4.78 is 23.5. The van der Waals surface area contributed by atoms with Gasteiger partial charge >= 0.3 is 11.9 Å². The molecule has 0 radical (unpaired) electrons. The number of hydrogen-bond acceptors (Lipinski definition) is 4. The molecule has 0 N–H and O–H groups in total. The third kappa shape index (κ3) is 6.43. The van der Waals surface area contributed by atoms with Gasteiger partial charge in [0, 0.05) is 12.8 Å². The summed E-state index contributed by atoms with van der Waals surface area (Å²) in [4.78, 5) is 23.1. The molecular formula is C16H20ClFO4. The maximum absolute atomic E-state index is 13.4. The van der Waals surface area contributed by atoms with Crippen molar-refractivity contribution in [1.29, 1.82) is 0 Å². The Kier molecular flexibility index (Phi) is 7.88. The second-order valence-corrected chi connectivity index (χ2v) is 5.37. The zero-order valence-electron chi connectivity index (χ0n) is 12.7. The quantitative estimate of drug-likeness (QED) is 0.527. The van der Waals surface area contributed by atoms with Crippen molar-refractivity contribution in [2.24, 2.45) is 0 Å². The van der Waals surface area contributed by atoms with Gasteiger partial charge in [0.05, 0.1) is 11.1 Å². The first kappa shape index (κ1) is 18.4. The van der Waals surface area contributed by atoms with E-state index in [2.05, 4.69) is 0 Å². The summed E-state index contributed by atoms with van der Waals surface area (Å²) >= 11 is 5.75. The first-order valence-electron chi connectivity index (χ1n) is 7.28. The molecule has 0 spiro atoms. The number of carbonyl (C=O) groups excluding carboxylic acids is 2. The monoisotopic (exact) mass is 330 g/mol. The SMILES string of the molecule is CCCC(C)OC(=O)CCCC(=O)Oc1c(F)cccc1Cl. The second-order valence-electron chi connectivity index (χ2n) is 4.97. The minimum Gasteiger partial charge on any atom is -0.463 e. The van der Waals surface area contributed by atoms with E-state index in [1.807, 2.05) is 13.8 Å². The minimum atomic E-state index is -0.700. The Labute approximate surface area is 134 Å². The van der Waals surface area contributed by atoms with Crippen LogP contribution in [0, 0.1) is 5.82 Å². The third-order valence-electron chi connectivity index (χ3n) is 2.92. The molecule has 1 rings (SSSR count). The summed E-state index contributed by atoms with van der Waals surface area (Å²) in [5.41, 5.74) is 0. The van der Waals surface area contributed by atoms with Gasteiger partial charge in [-0.15, -0.1) is 0 Å². The highest BCUT2D eigenvalue weighted by Crippen LogP contribution is 2.27. The molecule has 1 aromatic rings. The predicted octanol–water partition coefficient (Wildman–Crippen LogP) is 4.29. The molecule has 0 aliphatic carbocycles.